The fraction of sp³-hybridized carbons (Fsp3) is 0.500. The van der Waals surface area contributed by atoms with Crippen molar-refractivity contribution >= 4 is 35.1 Å². The van der Waals surface area contributed by atoms with Gasteiger partial charge in [-0.3, -0.25) is 0 Å². The normalized spacial score (nSPS) is 13.9. The van der Waals surface area contributed by atoms with E-state index in [1.807, 2.05) is 19.9 Å². The molecule has 0 saturated carbocycles. The van der Waals surface area contributed by atoms with Gasteiger partial charge in [-0.15, -0.1) is 0 Å². The first-order chi connectivity index (χ1) is 13.0. The molecule has 0 amide bonds. The summed E-state index contributed by atoms with van der Waals surface area (Å²) in [7, 11) is 0. The summed E-state index contributed by atoms with van der Waals surface area (Å²) in [6.45, 7) is 6.12. The quantitative estimate of drug-likeness (QED) is 0.630. The lowest BCUT2D eigenvalue weighted by Gasteiger charge is -2.18. The lowest BCUT2D eigenvalue weighted by atomic mass is 10.3. The van der Waals surface area contributed by atoms with Crippen molar-refractivity contribution in [2.45, 2.75) is 32.8 Å². The molecule has 1 saturated heterocycles. The molecule has 0 bridgehead atoms. The van der Waals surface area contributed by atoms with Gasteiger partial charge >= 0.3 is 0 Å². The van der Waals surface area contributed by atoms with Crippen LogP contribution in [-0.2, 0) is 0 Å². The molecule has 2 aromatic rings. The minimum atomic E-state index is -0.00579. The Labute approximate surface area is 163 Å². The molecule has 1 fully saturated rings. The van der Waals surface area contributed by atoms with Crippen molar-refractivity contribution in [2.24, 2.45) is 0 Å². The van der Waals surface area contributed by atoms with Crippen molar-refractivity contribution in [3.05, 3.63) is 23.2 Å². The Morgan fingerprint density at radius 3 is 2.63 bits per heavy atom. The lowest BCUT2D eigenvalue weighted by Crippen LogP contribution is -2.22. The molecule has 1 aromatic heterocycles. The highest BCUT2D eigenvalue weighted by Gasteiger charge is 2.18. The number of anilines is 4. The summed E-state index contributed by atoms with van der Waals surface area (Å²) >= 11 is 6.16. The van der Waals surface area contributed by atoms with E-state index in [1.54, 1.807) is 12.1 Å². The van der Waals surface area contributed by atoms with E-state index >= 15 is 0 Å². The number of benzene rings is 1. The smallest absolute Gasteiger partial charge is 0.233 e. The fourth-order valence-electron chi connectivity index (χ4n) is 2.80. The van der Waals surface area contributed by atoms with Crippen LogP contribution in [-0.4, -0.2) is 52.4 Å². The van der Waals surface area contributed by atoms with Gasteiger partial charge in [0.1, 0.15) is 5.75 Å². The van der Waals surface area contributed by atoms with Crippen molar-refractivity contribution in [1.29, 1.82) is 0 Å². The maximum absolute atomic E-state index is 9.07. The molecule has 146 valence electrons. The molecule has 3 rings (SSSR count). The largest absolute Gasteiger partial charge is 0.489 e. The highest BCUT2D eigenvalue weighted by Crippen LogP contribution is 2.31. The fourth-order valence-corrected chi connectivity index (χ4v) is 2.98. The molecule has 0 spiro atoms. The van der Waals surface area contributed by atoms with Crippen LogP contribution in [0, 0.1) is 0 Å². The Balaban J connectivity index is 1.91. The molecule has 27 heavy (non-hydrogen) atoms. The van der Waals surface area contributed by atoms with E-state index in [9.17, 15) is 0 Å². The average molecular weight is 393 g/mol. The summed E-state index contributed by atoms with van der Waals surface area (Å²) in [5, 5.41) is 15.9. The van der Waals surface area contributed by atoms with Gasteiger partial charge in [-0.2, -0.15) is 15.0 Å². The van der Waals surface area contributed by atoms with Gasteiger partial charge in [-0.25, -0.2) is 0 Å². The van der Waals surface area contributed by atoms with Crippen molar-refractivity contribution in [2.75, 3.05) is 41.8 Å². The number of nitrogens with one attached hydrogen (secondary N) is 2. The molecule has 0 aliphatic carbocycles. The van der Waals surface area contributed by atoms with Crippen LogP contribution >= 0.6 is 11.6 Å². The third-order valence-electron chi connectivity index (χ3n) is 3.96. The monoisotopic (exact) mass is 392 g/mol. The third-order valence-corrected chi connectivity index (χ3v) is 4.19. The molecular weight excluding hydrogens is 368 g/mol. The second kappa shape index (κ2) is 9.05. The van der Waals surface area contributed by atoms with Gasteiger partial charge < -0.3 is 25.4 Å². The van der Waals surface area contributed by atoms with Gasteiger partial charge in [-0.1, -0.05) is 11.6 Å². The number of hydrogen-bond donors (Lipinski definition) is 3. The van der Waals surface area contributed by atoms with Gasteiger partial charge in [0.15, 0.2) is 0 Å². The molecule has 1 aromatic carbocycles. The van der Waals surface area contributed by atoms with Crippen LogP contribution in [0.25, 0.3) is 0 Å². The predicted molar refractivity (Wildman–Crippen MR) is 107 cm³/mol. The number of halogens is 1. The highest BCUT2D eigenvalue weighted by atomic mass is 35.5. The number of aromatic nitrogens is 3. The molecule has 3 N–H and O–H groups in total. The third kappa shape index (κ3) is 5.33. The van der Waals surface area contributed by atoms with Gasteiger partial charge in [0.25, 0.3) is 0 Å². The van der Waals surface area contributed by atoms with Gasteiger partial charge in [0.2, 0.25) is 17.8 Å². The molecule has 9 heteroatoms. The minimum absolute atomic E-state index is 0.00579. The van der Waals surface area contributed by atoms with E-state index in [0.717, 1.165) is 25.9 Å². The number of aliphatic hydroxyl groups excluding tert-OH is 1. The zero-order chi connectivity index (χ0) is 19.2. The first-order valence-electron chi connectivity index (χ1n) is 9.14. The summed E-state index contributed by atoms with van der Waals surface area (Å²) < 4.78 is 5.85. The topological polar surface area (TPSA) is 95.4 Å². The molecule has 0 unspecified atom stereocenters. The van der Waals surface area contributed by atoms with Crippen molar-refractivity contribution < 1.29 is 9.84 Å². The van der Waals surface area contributed by atoms with E-state index in [2.05, 4.69) is 30.5 Å². The van der Waals surface area contributed by atoms with Crippen LogP contribution in [0.1, 0.15) is 26.7 Å². The molecule has 0 radical (unpaired) electrons. The van der Waals surface area contributed by atoms with E-state index in [0.29, 0.717) is 40.8 Å². The summed E-state index contributed by atoms with van der Waals surface area (Å²) in [6, 6.07) is 5.37. The van der Waals surface area contributed by atoms with E-state index in [-0.39, 0.29) is 12.7 Å². The van der Waals surface area contributed by atoms with E-state index in [1.165, 1.54) is 0 Å². The second-order valence-electron chi connectivity index (χ2n) is 6.56. The Hall–Kier alpha value is -2.32. The van der Waals surface area contributed by atoms with Crippen LogP contribution in [0.4, 0.5) is 23.5 Å². The van der Waals surface area contributed by atoms with Crippen LogP contribution in [0.2, 0.25) is 5.02 Å². The van der Waals surface area contributed by atoms with Crippen molar-refractivity contribution in [3.63, 3.8) is 0 Å². The Morgan fingerprint density at radius 1 is 1.19 bits per heavy atom. The standard InChI is InChI=1S/C18H25ClN6O2/c1-12(2)27-15-6-5-13(19)11-14(15)21-17-22-16(20-7-10-26)23-18(24-17)25-8-3-4-9-25/h5-6,11-12,26H,3-4,7-10H2,1-2H3,(H2,20,21,22,23,24). The van der Waals surface area contributed by atoms with Gasteiger partial charge in [0, 0.05) is 24.7 Å². The average Bonchev–Trinajstić information content (AvgIpc) is 3.16. The summed E-state index contributed by atoms with van der Waals surface area (Å²) in [4.78, 5) is 15.6. The lowest BCUT2D eigenvalue weighted by molar-refractivity contribution is 0.244. The summed E-state index contributed by atoms with van der Waals surface area (Å²) in [5.74, 6) is 2.08. The SMILES string of the molecule is CC(C)Oc1ccc(Cl)cc1Nc1nc(NCCO)nc(N2CCCC2)n1. The molecule has 0 atom stereocenters. The number of nitrogens with zero attached hydrogens (tertiary/aromatic N) is 4. The molecule has 1 aliphatic heterocycles. The molecule has 2 heterocycles. The zero-order valence-electron chi connectivity index (χ0n) is 15.6. The Bertz CT molecular complexity index is 768. The summed E-state index contributed by atoms with van der Waals surface area (Å²) in [5.41, 5.74) is 0.683. The number of ether oxygens (including phenoxy) is 1. The van der Waals surface area contributed by atoms with Crippen LogP contribution in [0.3, 0.4) is 0 Å². The van der Waals surface area contributed by atoms with E-state index < -0.39 is 0 Å². The maximum atomic E-state index is 9.07. The van der Waals surface area contributed by atoms with Crippen LogP contribution in [0.5, 0.6) is 5.75 Å². The first kappa shape index (κ1) is 19.4. The zero-order valence-corrected chi connectivity index (χ0v) is 16.3. The number of rotatable bonds is 8. The number of hydrogen-bond acceptors (Lipinski definition) is 8. The van der Waals surface area contributed by atoms with Crippen LogP contribution in [0.15, 0.2) is 18.2 Å². The Kier molecular flexibility index (Phi) is 6.52. The number of aliphatic hydroxyl groups is 1. The molecule has 1 aliphatic rings. The predicted octanol–water partition coefficient (Wildman–Crippen LogP) is 3.06. The van der Waals surface area contributed by atoms with Crippen molar-refractivity contribution in [1.82, 2.24) is 15.0 Å². The summed E-state index contributed by atoms with van der Waals surface area (Å²) in [6.07, 6.45) is 2.26. The first-order valence-corrected chi connectivity index (χ1v) is 9.52. The Morgan fingerprint density at radius 2 is 1.93 bits per heavy atom. The second-order valence-corrected chi connectivity index (χ2v) is 7.00. The molecule has 8 nitrogen and oxygen atoms in total. The van der Waals surface area contributed by atoms with Crippen molar-refractivity contribution in [3.8, 4) is 5.75 Å². The van der Waals surface area contributed by atoms with Gasteiger partial charge in [0.05, 0.1) is 18.4 Å². The van der Waals surface area contributed by atoms with Crippen LogP contribution < -0.4 is 20.3 Å². The van der Waals surface area contributed by atoms with E-state index in [4.69, 9.17) is 21.4 Å². The van der Waals surface area contributed by atoms with Gasteiger partial charge in [-0.05, 0) is 44.9 Å². The highest BCUT2D eigenvalue weighted by molar-refractivity contribution is 6.31. The maximum Gasteiger partial charge on any atom is 0.233 e. The molecular formula is C18H25ClN6O2. The minimum Gasteiger partial charge on any atom is -0.489 e.